The van der Waals surface area contributed by atoms with Gasteiger partial charge in [-0.2, -0.15) is 26.3 Å². The topological polar surface area (TPSA) is 42.4 Å². The molecule has 0 amide bonds. The fourth-order valence-corrected chi connectivity index (χ4v) is 6.36. The van der Waals surface area contributed by atoms with Crippen LogP contribution >= 0.6 is 0 Å². The van der Waals surface area contributed by atoms with Crippen molar-refractivity contribution in [1.82, 2.24) is 9.47 Å². The van der Waals surface area contributed by atoms with Gasteiger partial charge in [0.25, 0.3) is 0 Å². The molecular formula is C28H27F6N2O2+. The Morgan fingerprint density at radius 2 is 1.74 bits per heavy atom. The Hall–Kier alpha value is -3.11. The van der Waals surface area contributed by atoms with Crippen molar-refractivity contribution < 1.29 is 36.2 Å². The van der Waals surface area contributed by atoms with Crippen LogP contribution in [0.3, 0.4) is 0 Å². The molecule has 10 heteroatoms. The number of nitrogens with zero attached hydrogens (tertiary/aromatic N) is 2. The molecule has 3 aliphatic rings. The summed E-state index contributed by atoms with van der Waals surface area (Å²) < 4.78 is 87.9. The highest BCUT2D eigenvalue weighted by Crippen LogP contribution is 2.51. The van der Waals surface area contributed by atoms with Crippen LogP contribution < -0.4 is 9.22 Å². The Balaban J connectivity index is 1.70. The smallest absolute Gasteiger partial charge is 0.416 e. The van der Waals surface area contributed by atoms with Gasteiger partial charge in [-0.05, 0) is 41.8 Å². The number of alkyl halides is 6. The van der Waals surface area contributed by atoms with Gasteiger partial charge in [-0.3, -0.25) is 9.47 Å². The van der Waals surface area contributed by atoms with Crippen LogP contribution in [0.15, 0.2) is 61.3 Å². The zero-order valence-electron chi connectivity index (χ0n) is 20.6. The summed E-state index contributed by atoms with van der Waals surface area (Å²) in [6.07, 6.45) is -6.83. The standard InChI is InChI=1S/C28H27F6N2O2/c1-3-16-15-36(20-12-18(27(29,30)31)11-19(13-20)28(32,33)34)9-7-17(16)10-25(36)26(37)22-6-8-35-24-5-4-21(38-2)14-23(22)24/h3-6,8,11-14,16-17,25-26,37H,1,7,9-10,15H2,2H3/q+1. The first kappa shape index (κ1) is 26.5. The Morgan fingerprint density at radius 3 is 2.34 bits per heavy atom. The minimum absolute atomic E-state index is 0.0999. The Morgan fingerprint density at radius 1 is 1.05 bits per heavy atom. The van der Waals surface area contributed by atoms with Crippen molar-refractivity contribution >= 4 is 16.6 Å². The lowest BCUT2D eigenvalue weighted by Gasteiger charge is -2.57. The van der Waals surface area contributed by atoms with E-state index in [-0.39, 0.29) is 34.6 Å². The fourth-order valence-electron chi connectivity index (χ4n) is 6.36. The van der Waals surface area contributed by atoms with Crippen molar-refractivity contribution in [3.63, 3.8) is 0 Å². The predicted molar refractivity (Wildman–Crippen MR) is 131 cm³/mol. The van der Waals surface area contributed by atoms with Crippen LogP contribution in [0.1, 0.15) is 35.6 Å². The number of halogens is 6. The van der Waals surface area contributed by atoms with Gasteiger partial charge >= 0.3 is 12.4 Å². The largest absolute Gasteiger partial charge is 0.497 e. The van der Waals surface area contributed by atoms with E-state index < -0.39 is 35.6 Å². The molecule has 2 aromatic carbocycles. The molecule has 5 unspecified atom stereocenters. The molecule has 0 aliphatic carbocycles. The molecule has 2 bridgehead atoms. The van der Waals surface area contributed by atoms with Gasteiger partial charge in [-0.15, -0.1) is 6.58 Å². The number of aliphatic hydroxyl groups is 1. The monoisotopic (exact) mass is 537 g/mol. The molecule has 1 N–H and O–H groups in total. The van der Waals surface area contributed by atoms with Crippen molar-refractivity contribution in [3.8, 4) is 5.75 Å². The molecule has 3 aromatic rings. The van der Waals surface area contributed by atoms with E-state index in [9.17, 15) is 31.4 Å². The number of rotatable bonds is 5. The van der Waals surface area contributed by atoms with Crippen LogP contribution in [0.5, 0.6) is 5.75 Å². The molecule has 4 nitrogen and oxygen atoms in total. The summed E-state index contributed by atoms with van der Waals surface area (Å²) in [5, 5.41) is 12.4. The van der Waals surface area contributed by atoms with E-state index in [0.29, 0.717) is 41.6 Å². The SMILES string of the molecule is C=CC1C[N+]2(c3cc(C(F)(F)F)cc(C(F)(F)F)c3)CCC1CC2C(O)c1ccnc2ccc(OC)cc12. The number of pyridine rings is 1. The average Bonchev–Trinajstić information content (AvgIpc) is 2.90. The maximum Gasteiger partial charge on any atom is 0.416 e. The molecule has 4 heterocycles. The summed E-state index contributed by atoms with van der Waals surface area (Å²) in [4.78, 5) is 4.34. The summed E-state index contributed by atoms with van der Waals surface area (Å²) in [7, 11) is 1.50. The molecular weight excluding hydrogens is 510 g/mol. The zero-order valence-corrected chi connectivity index (χ0v) is 20.6. The molecule has 0 radical (unpaired) electrons. The number of benzene rings is 2. The van der Waals surface area contributed by atoms with Crippen molar-refractivity contribution in [3.05, 3.63) is 78.0 Å². The zero-order chi connectivity index (χ0) is 27.5. The summed E-state index contributed by atoms with van der Waals surface area (Å²) >= 11 is 0. The number of aliphatic hydroxyl groups excluding tert-OH is 1. The molecule has 0 spiro atoms. The van der Waals surface area contributed by atoms with Crippen LogP contribution in [-0.2, 0) is 12.4 Å². The van der Waals surface area contributed by atoms with E-state index in [4.69, 9.17) is 4.74 Å². The van der Waals surface area contributed by atoms with Crippen LogP contribution in [-0.4, -0.2) is 36.3 Å². The lowest BCUT2D eigenvalue weighted by molar-refractivity contribution is -0.143. The number of fused-ring (bicyclic) bond motifs is 4. The van der Waals surface area contributed by atoms with Crippen LogP contribution in [0.4, 0.5) is 32.0 Å². The van der Waals surface area contributed by atoms with Crippen molar-refractivity contribution in [2.24, 2.45) is 11.8 Å². The van der Waals surface area contributed by atoms with Gasteiger partial charge in [0.1, 0.15) is 23.6 Å². The minimum atomic E-state index is -4.97. The van der Waals surface area contributed by atoms with Gasteiger partial charge in [0.2, 0.25) is 0 Å². The third-order valence-corrected chi connectivity index (χ3v) is 8.28. The van der Waals surface area contributed by atoms with Crippen LogP contribution in [0, 0.1) is 11.8 Å². The van der Waals surface area contributed by atoms with Gasteiger partial charge in [0.15, 0.2) is 0 Å². The molecule has 1 aromatic heterocycles. The summed E-state index contributed by atoms with van der Waals surface area (Å²) in [5.74, 6) is 0.542. The second kappa shape index (κ2) is 9.27. The van der Waals surface area contributed by atoms with Crippen molar-refractivity contribution in [1.29, 1.82) is 0 Å². The second-order valence-corrected chi connectivity index (χ2v) is 10.2. The highest BCUT2D eigenvalue weighted by Gasteiger charge is 2.56. The van der Waals surface area contributed by atoms with Gasteiger partial charge in [-0.1, -0.05) is 6.08 Å². The highest BCUT2D eigenvalue weighted by molar-refractivity contribution is 5.84. The molecule has 3 fully saturated rings. The molecule has 38 heavy (non-hydrogen) atoms. The number of ether oxygens (including phenoxy) is 1. The fraction of sp³-hybridized carbons (Fsp3) is 0.393. The minimum Gasteiger partial charge on any atom is -0.497 e. The Kier molecular flexibility index (Phi) is 6.46. The van der Waals surface area contributed by atoms with Crippen LogP contribution in [0.2, 0.25) is 0 Å². The third-order valence-electron chi connectivity index (χ3n) is 8.28. The predicted octanol–water partition coefficient (Wildman–Crippen LogP) is 6.92. The van der Waals surface area contributed by atoms with Gasteiger partial charge in [0, 0.05) is 42.5 Å². The average molecular weight is 538 g/mol. The number of piperidine rings is 3. The number of methoxy groups -OCH3 is 1. The molecule has 202 valence electrons. The summed E-state index contributed by atoms with van der Waals surface area (Å²) in [5.41, 5.74) is -1.72. The summed E-state index contributed by atoms with van der Waals surface area (Å²) in [6.45, 7) is 4.43. The molecule has 6 rings (SSSR count). The van der Waals surface area contributed by atoms with E-state index in [0.717, 1.165) is 12.1 Å². The maximum atomic E-state index is 13.8. The Bertz CT molecular complexity index is 1340. The number of quaternary nitrogens is 1. The molecule has 0 saturated carbocycles. The lowest BCUT2D eigenvalue weighted by atomic mass is 9.70. The first-order valence-electron chi connectivity index (χ1n) is 12.3. The van der Waals surface area contributed by atoms with Gasteiger partial charge < -0.3 is 9.84 Å². The molecule has 5 atom stereocenters. The number of aromatic nitrogens is 1. The summed E-state index contributed by atoms with van der Waals surface area (Å²) in [6, 6.07) is 7.93. The van der Waals surface area contributed by atoms with Crippen molar-refractivity contribution in [2.75, 3.05) is 20.2 Å². The second-order valence-electron chi connectivity index (χ2n) is 10.2. The quantitative estimate of drug-likeness (QED) is 0.218. The van der Waals surface area contributed by atoms with Gasteiger partial charge in [-0.25, -0.2) is 0 Å². The molecule has 3 aliphatic heterocycles. The van der Waals surface area contributed by atoms with Crippen molar-refractivity contribution in [2.45, 2.75) is 37.3 Å². The number of hydrogen-bond acceptors (Lipinski definition) is 3. The third kappa shape index (κ3) is 4.43. The van der Waals surface area contributed by atoms with Crippen LogP contribution in [0.25, 0.3) is 10.9 Å². The molecule has 3 saturated heterocycles. The number of hydrogen-bond donors (Lipinski definition) is 1. The van der Waals surface area contributed by atoms with E-state index in [2.05, 4.69) is 11.6 Å². The van der Waals surface area contributed by atoms with Gasteiger partial charge in [0.05, 0.1) is 36.8 Å². The normalized spacial score (nSPS) is 26.4. The Labute approximate surface area is 215 Å². The van der Waals surface area contributed by atoms with E-state index in [1.807, 2.05) is 0 Å². The first-order valence-corrected chi connectivity index (χ1v) is 12.3. The highest BCUT2D eigenvalue weighted by atomic mass is 19.4. The van der Waals surface area contributed by atoms with E-state index in [1.165, 1.54) is 13.3 Å². The first-order chi connectivity index (χ1) is 17.9. The van der Waals surface area contributed by atoms with E-state index in [1.54, 1.807) is 30.3 Å². The lowest BCUT2D eigenvalue weighted by Crippen LogP contribution is -2.69. The van der Waals surface area contributed by atoms with E-state index >= 15 is 0 Å². The maximum absolute atomic E-state index is 13.8.